The van der Waals surface area contributed by atoms with Crippen LogP contribution in [0.3, 0.4) is 0 Å². The molecule has 3 aromatic carbocycles. The van der Waals surface area contributed by atoms with Gasteiger partial charge in [0, 0.05) is 32.1 Å². The van der Waals surface area contributed by atoms with Crippen molar-refractivity contribution in [2.45, 2.75) is 83.0 Å². The average Bonchev–Trinajstić information content (AvgIpc) is 3.00. The van der Waals surface area contributed by atoms with Gasteiger partial charge in [-0.05, 0) is 93.3 Å². The van der Waals surface area contributed by atoms with Crippen LogP contribution in [0.2, 0.25) is 0 Å². The number of carbonyl (C=O) groups is 2. The van der Waals surface area contributed by atoms with Crippen LogP contribution in [0.1, 0.15) is 69.6 Å². The van der Waals surface area contributed by atoms with Gasteiger partial charge in [0.15, 0.2) is 0 Å². The largest absolute Gasteiger partial charge is 0.506 e. The zero-order chi connectivity index (χ0) is 31.9. The van der Waals surface area contributed by atoms with Gasteiger partial charge in [0.1, 0.15) is 18.0 Å². The highest BCUT2D eigenvalue weighted by molar-refractivity contribution is 6.01. The number of amides is 2. The second-order valence-electron chi connectivity index (χ2n) is 14.0. The molecule has 238 valence electrons. The number of ether oxygens (including phenoxy) is 2. The Hall–Kier alpha value is -4.20. The predicted molar refractivity (Wildman–Crippen MR) is 176 cm³/mol. The molecule has 2 fully saturated rings. The Balaban J connectivity index is 1.41. The van der Waals surface area contributed by atoms with E-state index in [-0.39, 0.29) is 29.9 Å². The Bertz CT molecular complexity index is 1570. The van der Waals surface area contributed by atoms with Gasteiger partial charge in [-0.15, -0.1) is 0 Å². The van der Waals surface area contributed by atoms with Gasteiger partial charge in [-0.25, -0.2) is 14.5 Å². The van der Waals surface area contributed by atoms with Crippen LogP contribution >= 0.6 is 0 Å². The fourth-order valence-corrected chi connectivity index (χ4v) is 7.91. The lowest BCUT2D eigenvalue weighted by molar-refractivity contribution is -0.0137. The van der Waals surface area contributed by atoms with E-state index in [2.05, 4.69) is 0 Å². The molecule has 3 aliphatic rings. The summed E-state index contributed by atoms with van der Waals surface area (Å²) in [6.45, 7) is 6.37. The van der Waals surface area contributed by atoms with Crippen molar-refractivity contribution in [1.82, 2.24) is 4.90 Å². The number of aromatic hydroxyl groups is 1. The van der Waals surface area contributed by atoms with Crippen LogP contribution in [0.5, 0.6) is 5.75 Å². The van der Waals surface area contributed by atoms with Crippen molar-refractivity contribution >= 4 is 29.2 Å². The highest BCUT2D eigenvalue weighted by atomic mass is 16.6. The fourth-order valence-electron chi connectivity index (χ4n) is 7.91. The zero-order valence-corrected chi connectivity index (χ0v) is 27.1. The molecule has 1 saturated carbocycles. The highest BCUT2D eigenvalue weighted by Crippen LogP contribution is 2.57. The zero-order valence-electron chi connectivity index (χ0n) is 27.1. The summed E-state index contributed by atoms with van der Waals surface area (Å²) in [4.78, 5) is 32.9. The van der Waals surface area contributed by atoms with Crippen LogP contribution in [-0.2, 0) is 27.9 Å². The summed E-state index contributed by atoms with van der Waals surface area (Å²) in [7, 11) is 3.85. The molecule has 1 saturated heterocycles. The maximum absolute atomic E-state index is 13.9. The molecular weight excluding hydrogens is 566 g/mol. The van der Waals surface area contributed by atoms with Crippen molar-refractivity contribution in [3.05, 3.63) is 83.4 Å². The molecule has 3 aromatic rings. The Morgan fingerprint density at radius 2 is 1.67 bits per heavy atom. The molecular formula is C37H45N3O5. The van der Waals surface area contributed by atoms with E-state index >= 15 is 0 Å². The minimum atomic E-state index is -0.738. The number of rotatable bonds is 5. The molecule has 1 aliphatic heterocycles. The van der Waals surface area contributed by atoms with Gasteiger partial charge < -0.3 is 24.4 Å². The molecule has 0 unspecified atom stereocenters. The van der Waals surface area contributed by atoms with Crippen LogP contribution < -0.4 is 9.80 Å². The number of hydrogen-bond donors (Lipinski definition) is 1. The van der Waals surface area contributed by atoms with E-state index in [0.29, 0.717) is 30.3 Å². The molecule has 1 heterocycles. The number of carbonyl (C=O) groups excluding carboxylic acids is 2. The van der Waals surface area contributed by atoms with Gasteiger partial charge in [-0.1, -0.05) is 55.3 Å². The van der Waals surface area contributed by atoms with Crippen LogP contribution in [0.15, 0.2) is 66.7 Å². The van der Waals surface area contributed by atoms with Gasteiger partial charge in [0.05, 0.1) is 17.1 Å². The first-order chi connectivity index (χ1) is 21.5. The lowest BCUT2D eigenvalue weighted by atomic mass is 9.52. The van der Waals surface area contributed by atoms with Gasteiger partial charge >= 0.3 is 12.2 Å². The molecule has 1 N–H and O–H groups in total. The van der Waals surface area contributed by atoms with Crippen molar-refractivity contribution in [1.29, 1.82) is 0 Å². The topological polar surface area (TPSA) is 82.6 Å². The van der Waals surface area contributed by atoms with Crippen molar-refractivity contribution in [2.75, 3.05) is 30.4 Å². The summed E-state index contributed by atoms with van der Waals surface area (Å²) < 4.78 is 11.8. The highest BCUT2D eigenvalue weighted by Gasteiger charge is 2.55. The third kappa shape index (κ3) is 5.83. The van der Waals surface area contributed by atoms with Crippen LogP contribution in [0.25, 0.3) is 0 Å². The van der Waals surface area contributed by atoms with E-state index in [1.54, 1.807) is 0 Å². The summed E-state index contributed by atoms with van der Waals surface area (Å²) >= 11 is 0. The number of nitrogens with zero attached hydrogens (tertiary/aromatic N) is 3. The van der Waals surface area contributed by atoms with E-state index in [9.17, 15) is 14.7 Å². The number of anilines is 3. The van der Waals surface area contributed by atoms with E-state index in [0.717, 1.165) is 54.5 Å². The monoisotopic (exact) mass is 611 g/mol. The Morgan fingerprint density at radius 3 is 2.38 bits per heavy atom. The second-order valence-corrected chi connectivity index (χ2v) is 14.0. The fraction of sp³-hybridized carbons (Fsp3) is 0.459. The standard InChI is InChI=1S/C37H45N3O5/c1-36(2,3)45-35(43)40(30-17-10-9-16-29(30)38(4)5)32-22-26-21-31-27-15-11-12-18-37(27,28(26)23-33(32)41)19-20-39(31)34(42)44-24-25-13-7-6-8-14-25/h6-10,13-14,16-17,22-23,27,31,41H,11-12,15,18-21,24H2,1-5H3/t27-,31+,37+/m1/s1. The molecule has 2 amide bonds. The number of likely N-dealkylation sites (tertiary alicyclic amines) is 1. The summed E-state index contributed by atoms with van der Waals surface area (Å²) in [6, 6.07) is 21.2. The first-order valence-electron chi connectivity index (χ1n) is 16.1. The third-order valence-electron chi connectivity index (χ3n) is 9.79. The van der Waals surface area contributed by atoms with E-state index in [1.165, 1.54) is 4.90 Å². The van der Waals surface area contributed by atoms with Crippen molar-refractivity contribution < 1.29 is 24.2 Å². The maximum Gasteiger partial charge on any atom is 0.419 e. The predicted octanol–water partition coefficient (Wildman–Crippen LogP) is 7.93. The first kappa shape index (κ1) is 30.8. The number of phenolic OH excluding ortho intramolecular Hbond substituents is 1. The van der Waals surface area contributed by atoms with Crippen molar-refractivity contribution in [3.63, 3.8) is 0 Å². The van der Waals surface area contributed by atoms with Crippen LogP contribution in [0.4, 0.5) is 26.7 Å². The van der Waals surface area contributed by atoms with Gasteiger partial charge in [0.25, 0.3) is 0 Å². The smallest absolute Gasteiger partial charge is 0.419 e. The minimum Gasteiger partial charge on any atom is -0.506 e. The number of benzene rings is 3. The Kier molecular flexibility index (Phi) is 8.18. The van der Waals surface area contributed by atoms with Crippen molar-refractivity contribution in [2.24, 2.45) is 5.92 Å². The summed E-state index contributed by atoms with van der Waals surface area (Å²) in [5, 5.41) is 11.7. The molecule has 3 atom stereocenters. The average molecular weight is 612 g/mol. The van der Waals surface area contributed by atoms with Crippen LogP contribution in [0, 0.1) is 5.92 Å². The molecule has 0 spiro atoms. The summed E-state index contributed by atoms with van der Waals surface area (Å²) in [5.74, 6) is 0.341. The van der Waals surface area contributed by atoms with E-state index < -0.39 is 11.7 Å². The molecule has 0 aromatic heterocycles. The lowest BCUT2D eigenvalue weighted by Gasteiger charge is -2.58. The molecule has 8 heteroatoms. The number of para-hydroxylation sites is 2. The Labute approximate surface area is 266 Å². The van der Waals surface area contributed by atoms with Crippen LogP contribution in [-0.4, -0.2) is 54.5 Å². The number of fused-ring (bicyclic) bond motifs is 1. The summed E-state index contributed by atoms with van der Waals surface area (Å²) in [6.07, 6.45) is 4.91. The SMILES string of the molecule is CN(C)c1ccccc1N(C(=O)OC(C)(C)C)c1cc2c(cc1O)[C@]13CCCC[C@@H]1[C@H](C2)N(C(=O)OCc1ccccc1)CC3. The molecule has 45 heavy (non-hydrogen) atoms. The molecule has 0 radical (unpaired) electrons. The molecule has 2 bridgehead atoms. The van der Waals surface area contributed by atoms with Gasteiger partial charge in [0.2, 0.25) is 0 Å². The number of hydrogen-bond acceptors (Lipinski definition) is 6. The number of piperidine rings is 1. The Morgan fingerprint density at radius 1 is 0.956 bits per heavy atom. The van der Waals surface area contributed by atoms with E-state index in [4.69, 9.17) is 9.47 Å². The summed E-state index contributed by atoms with van der Waals surface area (Å²) in [5.41, 5.74) is 4.12. The molecule has 6 rings (SSSR count). The third-order valence-corrected chi connectivity index (χ3v) is 9.79. The maximum atomic E-state index is 13.9. The molecule has 2 aliphatic carbocycles. The van der Waals surface area contributed by atoms with Gasteiger partial charge in [-0.2, -0.15) is 0 Å². The first-order valence-corrected chi connectivity index (χ1v) is 16.1. The second kappa shape index (κ2) is 12.0. The van der Waals surface area contributed by atoms with Gasteiger partial charge in [-0.3, -0.25) is 0 Å². The van der Waals surface area contributed by atoms with E-state index in [1.807, 2.05) is 111 Å². The quantitative estimate of drug-likeness (QED) is 0.316. The molecule has 8 nitrogen and oxygen atoms in total. The normalized spacial score (nSPS) is 22.1. The minimum absolute atomic E-state index is 0.0174. The lowest BCUT2D eigenvalue weighted by Crippen LogP contribution is -2.62. The van der Waals surface area contributed by atoms with Crippen molar-refractivity contribution in [3.8, 4) is 5.75 Å². The number of phenols is 1.